The fraction of sp³-hybridized carbons (Fsp3) is 0.118. The molecule has 0 bridgehead atoms. The van der Waals surface area contributed by atoms with Gasteiger partial charge >= 0.3 is 5.97 Å². The van der Waals surface area contributed by atoms with Crippen molar-refractivity contribution in [1.29, 1.82) is 0 Å². The fourth-order valence-electron chi connectivity index (χ4n) is 1.49. The fourth-order valence-corrected chi connectivity index (χ4v) is 1.49. The second-order valence-electron chi connectivity index (χ2n) is 3.95. The molecule has 98 valence electrons. The number of carboxylic acid groups (broad SMARTS) is 1. The molecule has 0 atom stereocenters. The van der Waals surface area contributed by atoms with Gasteiger partial charge in [-0.05, 0) is 17.5 Å². The van der Waals surface area contributed by atoms with E-state index in [9.17, 15) is 4.79 Å². The minimum atomic E-state index is -0.764. The third-order valence-electron chi connectivity index (χ3n) is 2.44. The zero-order valence-electron chi connectivity index (χ0n) is 10.8. The van der Waals surface area contributed by atoms with Crippen LogP contribution >= 0.6 is 0 Å². The summed E-state index contributed by atoms with van der Waals surface area (Å²) in [6.07, 6.45) is 2.35. The molecule has 0 unspecified atom stereocenters. The third-order valence-corrected chi connectivity index (χ3v) is 2.44. The normalized spacial score (nSPS) is 9.05. The Balaban J connectivity index is 0.000000224. The van der Waals surface area contributed by atoms with Crippen molar-refractivity contribution >= 4 is 5.97 Å². The predicted molar refractivity (Wildman–Crippen MR) is 78.9 cm³/mol. The van der Waals surface area contributed by atoms with Gasteiger partial charge in [-0.3, -0.25) is 4.79 Å². The van der Waals surface area contributed by atoms with Crippen LogP contribution in [0.15, 0.2) is 73.3 Å². The highest BCUT2D eigenvalue weighted by Gasteiger charge is 1.91. The molecule has 0 aliphatic carbocycles. The maximum Gasteiger partial charge on any atom is 0.303 e. The summed E-state index contributed by atoms with van der Waals surface area (Å²) in [7, 11) is 0. The number of hydrogen-bond donors (Lipinski definition) is 1. The molecule has 0 saturated heterocycles. The summed E-state index contributed by atoms with van der Waals surface area (Å²) in [4.78, 5) is 9.71. The Labute approximate surface area is 114 Å². The predicted octanol–water partition coefficient (Wildman–Crippen LogP) is 4.39. The minimum absolute atomic E-state index is 0.198. The van der Waals surface area contributed by atoms with Gasteiger partial charge in [-0.1, -0.05) is 66.7 Å². The van der Waals surface area contributed by atoms with Gasteiger partial charge in [-0.15, -0.1) is 6.58 Å². The highest BCUT2D eigenvalue weighted by Crippen LogP contribution is 2.17. The lowest BCUT2D eigenvalue weighted by atomic mass is 10.1. The molecule has 0 radical (unpaired) electrons. The van der Waals surface area contributed by atoms with E-state index in [2.05, 4.69) is 55.1 Å². The summed E-state index contributed by atoms with van der Waals surface area (Å²) in [6, 6.07) is 20.8. The maximum absolute atomic E-state index is 9.71. The van der Waals surface area contributed by atoms with Crippen LogP contribution in [0.4, 0.5) is 0 Å². The first kappa shape index (κ1) is 14.7. The highest BCUT2D eigenvalue weighted by molar-refractivity contribution is 5.66. The molecule has 2 aromatic carbocycles. The maximum atomic E-state index is 9.71. The van der Waals surface area contributed by atoms with Gasteiger partial charge in [0.15, 0.2) is 0 Å². The molecule has 19 heavy (non-hydrogen) atoms. The van der Waals surface area contributed by atoms with Gasteiger partial charge in [0.1, 0.15) is 0 Å². The van der Waals surface area contributed by atoms with Crippen molar-refractivity contribution < 1.29 is 9.90 Å². The van der Waals surface area contributed by atoms with E-state index in [0.29, 0.717) is 6.42 Å². The quantitative estimate of drug-likeness (QED) is 0.821. The SMILES string of the molecule is C=CCCC(=O)O.c1ccc(-c2ccccc2)cc1. The van der Waals surface area contributed by atoms with Crippen molar-refractivity contribution in [2.24, 2.45) is 0 Å². The molecule has 0 heterocycles. The Morgan fingerprint density at radius 1 is 0.947 bits per heavy atom. The zero-order chi connectivity index (χ0) is 13.9. The minimum Gasteiger partial charge on any atom is -0.481 e. The smallest absolute Gasteiger partial charge is 0.303 e. The van der Waals surface area contributed by atoms with Crippen LogP contribution in [0.25, 0.3) is 11.1 Å². The second-order valence-corrected chi connectivity index (χ2v) is 3.95. The van der Waals surface area contributed by atoms with Gasteiger partial charge in [0, 0.05) is 6.42 Å². The molecule has 0 fully saturated rings. The van der Waals surface area contributed by atoms with Gasteiger partial charge in [0.2, 0.25) is 0 Å². The molecular weight excluding hydrogens is 236 g/mol. The van der Waals surface area contributed by atoms with E-state index in [0.717, 1.165) is 0 Å². The van der Waals surface area contributed by atoms with Crippen LogP contribution in [0.1, 0.15) is 12.8 Å². The van der Waals surface area contributed by atoms with E-state index >= 15 is 0 Å². The monoisotopic (exact) mass is 254 g/mol. The van der Waals surface area contributed by atoms with Gasteiger partial charge in [0.25, 0.3) is 0 Å². The Morgan fingerprint density at radius 2 is 1.37 bits per heavy atom. The van der Waals surface area contributed by atoms with Crippen LogP contribution in [0.2, 0.25) is 0 Å². The molecule has 2 rings (SSSR count). The van der Waals surface area contributed by atoms with Gasteiger partial charge in [-0.2, -0.15) is 0 Å². The molecule has 0 amide bonds. The summed E-state index contributed by atoms with van der Waals surface area (Å²) in [5, 5.41) is 8.00. The molecule has 0 aromatic heterocycles. The Morgan fingerprint density at radius 3 is 1.63 bits per heavy atom. The van der Waals surface area contributed by atoms with Crippen LogP contribution in [0.5, 0.6) is 0 Å². The summed E-state index contributed by atoms with van der Waals surface area (Å²) in [6.45, 7) is 3.37. The summed E-state index contributed by atoms with van der Waals surface area (Å²) in [5.74, 6) is -0.764. The van der Waals surface area contributed by atoms with E-state index in [1.165, 1.54) is 11.1 Å². The van der Waals surface area contributed by atoms with E-state index in [-0.39, 0.29) is 6.42 Å². The first-order valence-electron chi connectivity index (χ1n) is 6.17. The number of rotatable bonds is 4. The van der Waals surface area contributed by atoms with Gasteiger partial charge in [-0.25, -0.2) is 0 Å². The Bertz CT molecular complexity index is 452. The lowest BCUT2D eigenvalue weighted by Crippen LogP contribution is -1.90. The van der Waals surface area contributed by atoms with Crippen LogP contribution in [-0.2, 0) is 4.79 Å². The first-order chi connectivity index (χ1) is 9.24. The average molecular weight is 254 g/mol. The first-order valence-corrected chi connectivity index (χ1v) is 6.17. The number of hydrogen-bond acceptors (Lipinski definition) is 1. The summed E-state index contributed by atoms with van der Waals surface area (Å²) >= 11 is 0. The molecule has 2 nitrogen and oxygen atoms in total. The van der Waals surface area contributed by atoms with Crippen LogP contribution in [-0.4, -0.2) is 11.1 Å². The van der Waals surface area contributed by atoms with Crippen molar-refractivity contribution in [3.05, 3.63) is 73.3 Å². The van der Waals surface area contributed by atoms with Crippen molar-refractivity contribution in [3.8, 4) is 11.1 Å². The molecule has 2 aromatic rings. The molecule has 0 spiro atoms. The molecule has 0 saturated carbocycles. The van der Waals surface area contributed by atoms with Gasteiger partial charge in [0.05, 0.1) is 0 Å². The molecule has 0 aliphatic rings. The topological polar surface area (TPSA) is 37.3 Å². The largest absolute Gasteiger partial charge is 0.481 e. The molecule has 2 heteroatoms. The standard InChI is InChI=1S/C12H10.C5H8O2/c1-3-7-11(8-4-1)12-9-5-2-6-10-12;1-2-3-4-5(6)7/h1-10H;2H,1,3-4H2,(H,6,7). The number of allylic oxidation sites excluding steroid dienone is 1. The average Bonchev–Trinajstić information content (AvgIpc) is 2.47. The van der Waals surface area contributed by atoms with Crippen molar-refractivity contribution in [1.82, 2.24) is 0 Å². The number of carbonyl (C=O) groups is 1. The lowest BCUT2D eigenvalue weighted by Gasteiger charge is -1.98. The van der Waals surface area contributed by atoms with Crippen LogP contribution in [0.3, 0.4) is 0 Å². The number of aliphatic carboxylic acids is 1. The molecular formula is C17H18O2. The lowest BCUT2D eigenvalue weighted by molar-refractivity contribution is -0.136. The Hall–Kier alpha value is -2.35. The van der Waals surface area contributed by atoms with E-state index < -0.39 is 5.97 Å². The molecule has 0 aliphatic heterocycles. The second kappa shape index (κ2) is 8.70. The van der Waals surface area contributed by atoms with E-state index in [4.69, 9.17) is 5.11 Å². The van der Waals surface area contributed by atoms with Crippen molar-refractivity contribution in [3.63, 3.8) is 0 Å². The molecule has 1 N–H and O–H groups in total. The van der Waals surface area contributed by atoms with Crippen LogP contribution in [0, 0.1) is 0 Å². The van der Waals surface area contributed by atoms with Gasteiger partial charge < -0.3 is 5.11 Å². The third kappa shape index (κ3) is 6.22. The Kier molecular flexibility index (Phi) is 6.73. The van der Waals surface area contributed by atoms with E-state index in [1.807, 2.05) is 12.1 Å². The summed E-state index contributed by atoms with van der Waals surface area (Å²) < 4.78 is 0. The number of carboxylic acids is 1. The van der Waals surface area contributed by atoms with Crippen molar-refractivity contribution in [2.75, 3.05) is 0 Å². The zero-order valence-corrected chi connectivity index (χ0v) is 10.8. The van der Waals surface area contributed by atoms with E-state index in [1.54, 1.807) is 6.08 Å². The van der Waals surface area contributed by atoms with Crippen LogP contribution < -0.4 is 0 Å². The highest BCUT2D eigenvalue weighted by atomic mass is 16.4. The number of benzene rings is 2. The summed E-state index contributed by atoms with van der Waals surface area (Å²) in [5.41, 5.74) is 2.55. The van der Waals surface area contributed by atoms with Crippen molar-refractivity contribution in [2.45, 2.75) is 12.8 Å².